The summed E-state index contributed by atoms with van der Waals surface area (Å²) in [4.78, 5) is 3.69. The van der Waals surface area contributed by atoms with E-state index in [-0.39, 0.29) is 29.2 Å². The van der Waals surface area contributed by atoms with Gasteiger partial charge in [-0.3, -0.25) is 0 Å². The minimum atomic E-state index is -2.74. The van der Waals surface area contributed by atoms with Gasteiger partial charge in [-0.05, 0) is 0 Å². The fraction of sp³-hybridized carbons (Fsp3) is 0.333. The van der Waals surface area contributed by atoms with Gasteiger partial charge in [-0.2, -0.15) is 5.26 Å². The third-order valence-corrected chi connectivity index (χ3v) is 1.80. The molecule has 1 aromatic heterocycles. The number of rotatable bonds is 3. The number of nitrogens with zero attached hydrogens (tertiary/aromatic N) is 2. The average molecular weight is 213 g/mol. The molecule has 0 amide bonds. The van der Waals surface area contributed by atoms with E-state index in [2.05, 4.69) is 4.98 Å². The molecule has 0 saturated carbocycles. The van der Waals surface area contributed by atoms with Crippen molar-refractivity contribution in [1.82, 2.24) is 4.98 Å². The summed E-state index contributed by atoms with van der Waals surface area (Å²) in [6, 6.07) is 2.96. The van der Waals surface area contributed by atoms with Gasteiger partial charge < -0.3 is 10.5 Å². The van der Waals surface area contributed by atoms with Crippen LogP contribution in [0, 0.1) is 11.3 Å². The van der Waals surface area contributed by atoms with Crippen LogP contribution >= 0.6 is 0 Å². The smallest absolute Gasteiger partial charge is 0.269 e. The molecule has 1 aromatic rings. The Kier molecular flexibility index (Phi) is 3.39. The fourth-order valence-electron chi connectivity index (χ4n) is 1.21. The van der Waals surface area contributed by atoms with E-state index < -0.39 is 6.43 Å². The first kappa shape index (κ1) is 11.2. The number of halogens is 2. The Morgan fingerprint density at radius 3 is 2.80 bits per heavy atom. The highest BCUT2D eigenvalue weighted by Crippen LogP contribution is 2.32. The van der Waals surface area contributed by atoms with Gasteiger partial charge in [0.1, 0.15) is 11.6 Å². The first-order chi connectivity index (χ1) is 7.10. The maximum atomic E-state index is 12.7. The number of nitrogen functional groups attached to an aromatic ring is 1. The molecule has 4 nitrogen and oxygen atoms in total. The van der Waals surface area contributed by atoms with Crippen molar-refractivity contribution >= 4 is 5.82 Å². The van der Waals surface area contributed by atoms with E-state index in [1.54, 1.807) is 6.07 Å². The molecule has 0 aromatic carbocycles. The highest BCUT2D eigenvalue weighted by atomic mass is 19.3. The normalized spacial score (nSPS) is 10.1. The highest BCUT2D eigenvalue weighted by molar-refractivity contribution is 5.47. The number of alkyl halides is 2. The molecule has 0 aliphatic rings. The van der Waals surface area contributed by atoms with Crippen LogP contribution in [0.4, 0.5) is 14.6 Å². The lowest BCUT2D eigenvalue weighted by atomic mass is 10.1. The van der Waals surface area contributed by atoms with Crippen LogP contribution in [0.5, 0.6) is 5.75 Å². The molecule has 0 spiro atoms. The highest BCUT2D eigenvalue weighted by Gasteiger charge is 2.20. The molecule has 15 heavy (non-hydrogen) atoms. The van der Waals surface area contributed by atoms with Crippen molar-refractivity contribution in [3.63, 3.8) is 0 Å². The van der Waals surface area contributed by atoms with Crippen molar-refractivity contribution in [2.45, 2.75) is 12.8 Å². The molecule has 2 N–H and O–H groups in total. The quantitative estimate of drug-likeness (QED) is 0.828. The first-order valence-electron chi connectivity index (χ1n) is 4.08. The van der Waals surface area contributed by atoms with Gasteiger partial charge in [0.05, 0.1) is 30.9 Å². The minimum Gasteiger partial charge on any atom is -0.496 e. The summed E-state index contributed by atoms with van der Waals surface area (Å²) in [5.74, 6) is 0.0178. The van der Waals surface area contributed by atoms with E-state index in [9.17, 15) is 8.78 Å². The van der Waals surface area contributed by atoms with Crippen LogP contribution in [0.15, 0.2) is 6.07 Å². The maximum Gasteiger partial charge on any atom is 0.269 e. The second-order valence-electron chi connectivity index (χ2n) is 2.75. The van der Waals surface area contributed by atoms with E-state index in [0.29, 0.717) is 0 Å². The van der Waals surface area contributed by atoms with Gasteiger partial charge in [0.2, 0.25) is 0 Å². The molecule has 0 unspecified atom stereocenters. The van der Waals surface area contributed by atoms with E-state index in [0.717, 1.165) is 0 Å². The number of nitrogens with two attached hydrogens (primary N) is 1. The summed E-state index contributed by atoms with van der Waals surface area (Å²) in [5, 5.41) is 8.46. The summed E-state index contributed by atoms with van der Waals surface area (Å²) >= 11 is 0. The molecule has 1 rings (SSSR count). The Morgan fingerprint density at radius 1 is 1.67 bits per heavy atom. The van der Waals surface area contributed by atoms with E-state index in [1.165, 1.54) is 13.2 Å². The second-order valence-corrected chi connectivity index (χ2v) is 2.75. The van der Waals surface area contributed by atoms with Crippen molar-refractivity contribution < 1.29 is 13.5 Å². The predicted molar refractivity (Wildman–Crippen MR) is 49.5 cm³/mol. The summed E-state index contributed by atoms with van der Waals surface area (Å²) < 4.78 is 30.1. The number of anilines is 1. The maximum absolute atomic E-state index is 12.7. The minimum absolute atomic E-state index is 0.0376. The molecule has 0 saturated heterocycles. The fourth-order valence-corrected chi connectivity index (χ4v) is 1.21. The Morgan fingerprint density at radius 2 is 2.33 bits per heavy atom. The summed E-state index contributed by atoms with van der Waals surface area (Å²) in [6.07, 6.45) is -2.96. The Bertz CT molecular complexity index is 401. The number of hydrogen-bond donors (Lipinski definition) is 1. The van der Waals surface area contributed by atoms with E-state index in [4.69, 9.17) is 15.7 Å². The van der Waals surface area contributed by atoms with Gasteiger partial charge >= 0.3 is 0 Å². The van der Waals surface area contributed by atoms with E-state index >= 15 is 0 Å². The molecule has 0 fully saturated rings. The number of aromatic nitrogens is 1. The monoisotopic (exact) mass is 213 g/mol. The number of pyridine rings is 1. The molecular formula is C9H9F2N3O. The summed E-state index contributed by atoms with van der Waals surface area (Å²) in [5.41, 5.74) is 4.98. The molecule has 6 heteroatoms. The van der Waals surface area contributed by atoms with Crippen molar-refractivity contribution in [3.05, 3.63) is 17.3 Å². The van der Waals surface area contributed by atoms with Crippen molar-refractivity contribution in [3.8, 4) is 11.8 Å². The largest absolute Gasteiger partial charge is 0.496 e. The molecule has 1 heterocycles. The van der Waals surface area contributed by atoms with Crippen molar-refractivity contribution in [1.29, 1.82) is 5.26 Å². The molecule has 0 bridgehead atoms. The lowest BCUT2D eigenvalue weighted by molar-refractivity contribution is 0.145. The topological polar surface area (TPSA) is 71.9 Å². The molecule has 80 valence electrons. The van der Waals surface area contributed by atoms with Crippen molar-refractivity contribution in [2.24, 2.45) is 0 Å². The van der Waals surface area contributed by atoms with Crippen LogP contribution in [0.1, 0.15) is 17.7 Å². The standard InChI is InChI=1S/C9H9F2N3O/c1-15-6-4-7(13)14-5(2-3-12)8(6)9(10)11/h4,9H,2H2,1H3,(H2,13,14). The molecular weight excluding hydrogens is 204 g/mol. The molecule has 0 aliphatic heterocycles. The molecule has 0 radical (unpaired) electrons. The number of ether oxygens (including phenoxy) is 1. The van der Waals surface area contributed by atoms with Crippen LogP contribution in [-0.4, -0.2) is 12.1 Å². The third-order valence-electron chi connectivity index (χ3n) is 1.80. The van der Waals surface area contributed by atoms with Crippen molar-refractivity contribution in [2.75, 3.05) is 12.8 Å². The average Bonchev–Trinajstić information content (AvgIpc) is 2.16. The third kappa shape index (κ3) is 2.31. The van der Waals surface area contributed by atoms with E-state index in [1.807, 2.05) is 0 Å². The number of hydrogen-bond acceptors (Lipinski definition) is 4. The Balaban J connectivity index is 3.34. The Hall–Kier alpha value is -1.90. The van der Waals surface area contributed by atoms with Crippen LogP contribution in [0.25, 0.3) is 0 Å². The first-order valence-corrected chi connectivity index (χ1v) is 4.08. The zero-order valence-corrected chi connectivity index (χ0v) is 8.00. The Labute approximate surface area is 85.3 Å². The molecule has 0 aliphatic carbocycles. The second kappa shape index (κ2) is 4.55. The van der Waals surface area contributed by atoms with Crippen LogP contribution in [0.3, 0.4) is 0 Å². The van der Waals surface area contributed by atoms with Gasteiger partial charge in [-0.25, -0.2) is 13.8 Å². The summed E-state index contributed by atoms with van der Waals surface area (Å²) in [7, 11) is 1.26. The lowest BCUT2D eigenvalue weighted by Crippen LogP contribution is -2.04. The predicted octanol–water partition coefficient (Wildman–Crippen LogP) is 1.68. The van der Waals surface area contributed by atoms with Crippen LogP contribution in [0.2, 0.25) is 0 Å². The lowest BCUT2D eigenvalue weighted by Gasteiger charge is -2.11. The van der Waals surface area contributed by atoms with Crippen LogP contribution < -0.4 is 10.5 Å². The number of methoxy groups -OCH3 is 1. The summed E-state index contributed by atoms with van der Waals surface area (Å²) in [6.45, 7) is 0. The van der Waals surface area contributed by atoms with Gasteiger partial charge in [-0.1, -0.05) is 0 Å². The van der Waals surface area contributed by atoms with Gasteiger partial charge in [-0.15, -0.1) is 0 Å². The zero-order chi connectivity index (χ0) is 11.4. The molecule has 0 atom stereocenters. The SMILES string of the molecule is COc1cc(N)nc(CC#N)c1C(F)F. The van der Waals surface area contributed by atoms with Gasteiger partial charge in [0.25, 0.3) is 6.43 Å². The zero-order valence-electron chi connectivity index (χ0n) is 8.00. The van der Waals surface area contributed by atoms with Gasteiger partial charge in [0.15, 0.2) is 0 Å². The van der Waals surface area contributed by atoms with Crippen LogP contribution in [-0.2, 0) is 6.42 Å². The van der Waals surface area contributed by atoms with Gasteiger partial charge in [0, 0.05) is 6.07 Å². The number of nitriles is 1.